The zero-order valence-corrected chi connectivity index (χ0v) is 9.33. The lowest BCUT2D eigenvalue weighted by atomic mass is 10.2. The van der Waals surface area contributed by atoms with Gasteiger partial charge in [0, 0.05) is 12.6 Å². The van der Waals surface area contributed by atoms with E-state index in [1.54, 1.807) is 0 Å². The molecule has 0 unspecified atom stereocenters. The summed E-state index contributed by atoms with van der Waals surface area (Å²) in [6.45, 7) is 4.88. The van der Waals surface area contributed by atoms with Crippen molar-refractivity contribution in [3.05, 3.63) is 35.4 Å². The van der Waals surface area contributed by atoms with Gasteiger partial charge >= 0.3 is 0 Å². The predicted molar refractivity (Wildman–Crippen MR) is 62.1 cm³/mol. The van der Waals surface area contributed by atoms with E-state index in [9.17, 15) is 0 Å². The van der Waals surface area contributed by atoms with E-state index in [0.717, 1.165) is 24.4 Å². The Morgan fingerprint density at radius 3 is 2.87 bits per heavy atom. The van der Waals surface area contributed by atoms with Crippen LogP contribution in [-0.4, -0.2) is 15.9 Å². The first kappa shape index (κ1) is 10.2. The van der Waals surface area contributed by atoms with Crippen molar-refractivity contribution in [1.29, 1.82) is 0 Å². The Bertz CT molecular complexity index is 471. The van der Waals surface area contributed by atoms with Gasteiger partial charge in [-0.15, -0.1) is 0 Å². The molecule has 2 heterocycles. The number of nitrogens with two attached hydrogens (primary N) is 1. The third-order valence-corrected chi connectivity index (χ3v) is 2.70. The van der Waals surface area contributed by atoms with E-state index < -0.39 is 0 Å². The number of nitrogens with zero attached hydrogens (tertiary/aromatic N) is 2. The number of hydrogen-bond donors (Lipinski definition) is 1. The molecule has 2 N–H and O–H groups in total. The van der Waals surface area contributed by atoms with Crippen LogP contribution in [0, 0.1) is 6.92 Å². The molecule has 3 nitrogen and oxygen atoms in total. The van der Waals surface area contributed by atoms with Gasteiger partial charge in [0.15, 0.2) is 0 Å². The van der Waals surface area contributed by atoms with E-state index in [4.69, 9.17) is 5.73 Å². The molecule has 2 aromatic rings. The number of pyridine rings is 1. The summed E-state index contributed by atoms with van der Waals surface area (Å²) in [6.07, 6.45) is 4.04. The molecule has 0 aliphatic heterocycles. The van der Waals surface area contributed by atoms with Gasteiger partial charge in [-0.05, 0) is 31.5 Å². The van der Waals surface area contributed by atoms with Gasteiger partial charge in [-0.2, -0.15) is 0 Å². The van der Waals surface area contributed by atoms with Crippen LogP contribution < -0.4 is 5.73 Å². The summed E-state index contributed by atoms with van der Waals surface area (Å²) in [5.74, 6) is 1.13. The zero-order chi connectivity index (χ0) is 10.8. The Labute approximate surface area is 89.9 Å². The maximum absolute atomic E-state index is 5.56. The van der Waals surface area contributed by atoms with Crippen molar-refractivity contribution < 1.29 is 0 Å². The standard InChI is InChI=1S/C12H17N3/c1-3-12-14-9(2)11-5-4-10(6-7-13)8-15(11)12/h4-5,8H,3,6-7,13H2,1-2H3. The summed E-state index contributed by atoms with van der Waals surface area (Å²) in [7, 11) is 0. The van der Waals surface area contributed by atoms with Crippen molar-refractivity contribution in [1.82, 2.24) is 9.38 Å². The van der Waals surface area contributed by atoms with Gasteiger partial charge in [0.1, 0.15) is 5.82 Å². The molecule has 0 atom stereocenters. The smallest absolute Gasteiger partial charge is 0.113 e. The summed E-state index contributed by atoms with van der Waals surface area (Å²) in [6, 6.07) is 4.27. The highest BCUT2D eigenvalue weighted by Crippen LogP contribution is 2.14. The lowest BCUT2D eigenvalue weighted by Gasteiger charge is -2.02. The minimum Gasteiger partial charge on any atom is -0.330 e. The molecule has 0 aromatic carbocycles. The zero-order valence-electron chi connectivity index (χ0n) is 9.33. The summed E-state index contributed by atoms with van der Waals surface area (Å²) in [5, 5.41) is 0. The fourth-order valence-electron chi connectivity index (χ4n) is 1.92. The average molecular weight is 203 g/mol. The molecular weight excluding hydrogens is 186 g/mol. The fraction of sp³-hybridized carbons (Fsp3) is 0.417. The molecule has 0 amide bonds. The van der Waals surface area contributed by atoms with Gasteiger partial charge in [-0.25, -0.2) is 4.98 Å². The molecule has 0 fully saturated rings. The molecule has 0 aliphatic rings. The summed E-state index contributed by atoms with van der Waals surface area (Å²) >= 11 is 0. The first-order chi connectivity index (χ1) is 7.26. The third kappa shape index (κ3) is 1.75. The summed E-state index contributed by atoms with van der Waals surface area (Å²) in [4.78, 5) is 4.54. The quantitative estimate of drug-likeness (QED) is 0.825. The van der Waals surface area contributed by atoms with E-state index >= 15 is 0 Å². The van der Waals surface area contributed by atoms with Crippen molar-refractivity contribution in [2.24, 2.45) is 5.73 Å². The largest absolute Gasteiger partial charge is 0.330 e. The number of fused-ring (bicyclic) bond motifs is 1. The molecule has 0 saturated heterocycles. The SMILES string of the molecule is CCc1nc(C)c2ccc(CCN)cn12. The molecule has 0 spiro atoms. The van der Waals surface area contributed by atoms with Crippen LogP contribution in [0.3, 0.4) is 0 Å². The van der Waals surface area contributed by atoms with E-state index in [1.807, 2.05) is 0 Å². The number of hydrogen-bond acceptors (Lipinski definition) is 2. The third-order valence-electron chi connectivity index (χ3n) is 2.70. The minimum atomic E-state index is 0.695. The molecule has 15 heavy (non-hydrogen) atoms. The molecule has 0 bridgehead atoms. The summed E-state index contributed by atoms with van der Waals surface area (Å²) < 4.78 is 2.18. The van der Waals surface area contributed by atoms with Gasteiger partial charge in [0.2, 0.25) is 0 Å². The lowest BCUT2D eigenvalue weighted by Crippen LogP contribution is -2.04. The Morgan fingerprint density at radius 2 is 2.20 bits per heavy atom. The second kappa shape index (κ2) is 4.03. The molecule has 0 radical (unpaired) electrons. The molecule has 0 aliphatic carbocycles. The summed E-state index contributed by atoms with van der Waals surface area (Å²) in [5.41, 5.74) is 9.13. The van der Waals surface area contributed by atoms with Crippen LogP contribution in [0.1, 0.15) is 24.0 Å². The van der Waals surface area contributed by atoms with Crippen molar-refractivity contribution in [2.45, 2.75) is 26.7 Å². The maximum Gasteiger partial charge on any atom is 0.113 e. The predicted octanol–water partition coefficient (Wildman–Crippen LogP) is 1.71. The van der Waals surface area contributed by atoms with Crippen molar-refractivity contribution in [3.63, 3.8) is 0 Å². The number of aromatic nitrogens is 2. The average Bonchev–Trinajstić information content (AvgIpc) is 2.56. The number of aryl methyl sites for hydroxylation is 2. The van der Waals surface area contributed by atoms with Gasteiger partial charge in [-0.1, -0.05) is 13.0 Å². The Hall–Kier alpha value is -1.35. The Kier molecular flexibility index (Phi) is 2.73. The van der Waals surface area contributed by atoms with Crippen molar-refractivity contribution in [3.8, 4) is 0 Å². The van der Waals surface area contributed by atoms with Crippen LogP contribution in [0.25, 0.3) is 5.52 Å². The first-order valence-electron chi connectivity index (χ1n) is 5.42. The van der Waals surface area contributed by atoms with Crippen LogP contribution in [0.4, 0.5) is 0 Å². The Balaban J connectivity index is 2.58. The molecule has 2 rings (SSSR count). The molecule has 80 valence electrons. The van der Waals surface area contributed by atoms with Crippen LogP contribution in [-0.2, 0) is 12.8 Å². The fourth-order valence-corrected chi connectivity index (χ4v) is 1.92. The Morgan fingerprint density at radius 1 is 1.40 bits per heavy atom. The van der Waals surface area contributed by atoms with Crippen LogP contribution >= 0.6 is 0 Å². The highest BCUT2D eigenvalue weighted by Gasteiger charge is 2.06. The van der Waals surface area contributed by atoms with Gasteiger partial charge in [0.05, 0.1) is 11.2 Å². The van der Waals surface area contributed by atoms with E-state index in [1.165, 1.54) is 11.1 Å². The lowest BCUT2D eigenvalue weighted by molar-refractivity contribution is 0.903. The van der Waals surface area contributed by atoms with Crippen molar-refractivity contribution >= 4 is 5.52 Å². The van der Waals surface area contributed by atoms with Crippen LogP contribution in [0.5, 0.6) is 0 Å². The topological polar surface area (TPSA) is 43.3 Å². The highest BCUT2D eigenvalue weighted by atomic mass is 15.0. The first-order valence-corrected chi connectivity index (χ1v) is 5.42. The minimum absolute atomic E-state index is 0.695. The van der Waals surface area contributed by atoms with Crippen LogP contribution in [0.15, 0.2) is 18.3 Å². The highest BCUT2D eigenvalue weighted by molar-refractivity contribution is 5.53. The monoisotopic (exact) mass is 203 g/mol. The second-order valence-corrected chi connectivity index (χ2v) is 3.80. The second-order valence-electron chi connectivity index (χ2n) is 3.80. The molecule has 0 saturated carbocycles. The van der Waals surface area contributed by atoms with E-state index in [2.05, 4.69) is 41.6 Å². The van der Waals surface area contributed by atoms with Crippen molar-refractivity contribution in [2.75, 3.05) is 6.54 Å². The maximum atomic E-state index is 5.56. The number of rotatable bonds is 3. The molecule has 3 heteroatoms. The van der Waals surface area contributed by atoms with E-state index in [0.29, 0.717) is 6.54 Å². The van der Waals surface area contributed by atoms with Gasteiger partial charge < -0.3 is 10.1 Å². The normalized spacial score (nSPS) is 11.1. The number of imidazole rings is 1. The van der Waals surface area contributed by atoms with Crippen LogP contribution in [0.2, 0.25) is 0 Å². The molecular formula is C12H17N3. The molecule has 2 aromatic heterocycles. The van der Waals surface area contributed by atoms with Gasteiger partial charge in [0.25, 0.3) is 0 Å². The van der Waals surface area contributed by atoms with E-state index in [-0.39, 0.29) is 0 Å². The van der Waals surface area contributed by atoms with Gasteiger partial charge in [-0.3, -0.25) is 0 Å².